The highest BCUT2D eigenvalue weighted by atomic mass is 19.1. The van der Waals surface area contributed by atoms with Crippen molar-refractivity contribution in [2.45, 2.75) is 13.0 Å². The maximum atomic E-state index is 13.4. The molecule has 1 unspecified atom stereocenters. The minimum Gasteiger partial charge on any atom is -0.467 e. The molecule has 2 aromatic rings. The van der Waals surface area contributed by atoms with Crippen LogP contribution in [0.3, 0.4) is 0 Å². The van der Waals surface area contributed by atoms with E-state index in [9.17, 15) is 4.39 Å². The Labute approximate surface area is 87.5 Å². The Hall–Kier alpha value is -1.61. The van der Waals surface area contributed by atoms with Crippen molar-refractivity contribution in [2.24, 2.45) is 5.73 Å². The Kier molecular flexibility index (Phi) is 2.56. The second-order valence-corrected chi connectivity index (χ2v) is 3.47. The lowest BCUT2D eigenvalue weighted by molar-refractivity contribution is 0.477. The van der Waals surface area contributed by atoms with Gasteiger partial charge in [0.1, 0.15) is 11.6 Å². The molecule has 0 aliphatic heterocycles. The van der Waals surface area contributed by atoms with Gasteiger partial charge >= 0.3 is 0 Å². The third-order valence-electron chi connectivity index (χ3n) is 2.42. The number of furan rings is 1. The number of aryl methyl sites for hydroxylation is 1. The molecule has 3 heteroatoms. The van der Waals surface area contributed by atoms with Gasteiger partial charge in [-0.2, -0.15) is 0 Å². The molecule has 0 bridgehead atoms. The molecule has 2 rings (SSSR count). The fraction of sp³-hybridized carbons (Fsp3) is 0.167. The highest BCUT2D eigenvalue weighted by Gasteiger charge is 2.17. The number of hydrogen-bond donors (Lipinski definition) is 1. The molecule has 0 amide bonds. The summed E-state index contributed by atoms with van der Waals surface area (Å²) < 4.78 is 18.7. The Morgan fingerprint density at radius 2 is 2.00 bits per heavy atom. The molecular weight excluding hydrogens is 193 g/mol. The lowest BCUT2D eigenvalue weighted by Gasteiger charge is -2.11. The minimum absolute atomic E-state index is 0.305. The van der Waals surface area contributed by atoms with Crippen molar-refractivity contribution in [1.29, 1.82) is 0 Å². The first-order chi connectivity index (χ1) is 7.20. The quantitative estimate of drug-likeness (QED) is 0.818. The summed E-state index contributed by atoms with van der Waals surface area (Å²) in [4.78, 5) is 0. The molecule has 1 aromatic carbocycles. The maximum Gasteiger partial charge on any atom is 0.128 e. The maximum absolute atomic E-state index is 13.4. The summed E-state index contributed by atoms with van der Waals surface area (Å²) in [5.41, 5.74) is 7.32. The van der Waals surface area contributed by atoms with Crippen LogP contribution in [0.15, 0.2) is 41.0 Å². The third-order valence-corrected chi connectivity index (χ3v) is 2.42. The average molecular weight is 205 g/mol. The number of nitrogens with two attached hydrogens (primary N) is 1. The van der Waals surface area contributed by atoms with E-state index in [1.807, 2.05) is 13.0 Å². The molecule has 1 heterocycles. The molecule has 15 heavy (non-hydrogen) atoms. The van der Waals surface area contributed by atoms with E-state index in [0.717, 1.165) is 5.56 Å². The molecule has 0 saturated carbocycles. The zero-order valence-electron chi connectivity index (χ0n) is 8.41. The number of benzene rings is 1. The zero-order chi connectivity index (χ0) is 10.8. The summed E-state index contributed by atoms with van der Waals surface area (Å²) in [5, 5.41) is 0. The van der Waals surface area contributed by atoms with Crippen molar-refractivity contribution in [1.82, 2.24) is 0 Å². The predicted octanol–water partition coefficient (Wildman–Crippen LogP) is 2.78. The standard InChI is InChI=1S/C12H12FNO/c1-8-6-7-15-12(8)11(14)9-4-2-3-5-10(9)13/h2-7,11H,14H2,1H3. The zero-order valence-corrected chi connectivity index (χ0v) is 8.41. The predicted molar refractivity (Wildman–Crippen MR) is 55.9 cm³/mol. The Balaban J connectivity index is 2.41. The first-order valence-electron chi connectivity index (χ1n) is 4.74. The van der Waals surface area contributed by atoms with E-state index in [4.69, 9.17) is 10.2 Å². The number of halogens is 1. The molecule has 1 aromatic heterocycles. The van der Waals surface area contributed by atoms with Crippen molar-refractivity contribution in [3.63, 3.8) is 0 Å². The SMILES string of the molecule is Cc1ccoc1C(N)c1ccccc1F. The molecular formula is C12H12FNO. The van der Waals surface area contributed by atoms with Crippen molar-refractivity contribution in [3.05, 3.63) is 59.3 Å². The topological polar surface area (TPSA) is 39.2 Å². The molecule has 78 valence electrons. The summed E-state index contributed by atoms with van der Waals surface area (Å²) in [6.07, 6.45) is 1.56. The molecule has 0 aliphatic rings. The summed E-state index contributed by atoms with van der Waals surface area (Å²) >= 11 is 0. The monoisotopic (exact) mass is 205 g/mol. The van der Waals surface area contributed by atoms with Crippen LogP contribution in [0.4, 0.5) is 4.39 Å². The first-order valence-corrected chi connectivity index (χ1v) is 4.74. The van der Waals surface area contributed by atoms with Gasteiger partial charge in [-0.15, -0.1) is 0 Å². The molecule has 0 spiro atoms. The van der Waals surface area contributed by atoms with Gasteiger partial charge in [0.2, 0.25) is 0 Å². The fourth-order valence-corrected chi connectivity index (χ4v) is 1.57. The normalized spacial score (nSPS) is 12.7. The van der Waals surface area contributed by atoms with Gasteiger partial charge in [0.15, 0.2) is 0 Å². The number of hydrogen-bond acceptors (Lipinski definition) is 2. The van der Waals surface area contributed by atoms with Gasteiger partial charge in [-0.05, 0) is 24.6 Å². The number of rotatable bonds is 2. The van der Waals surface area contributed by atoms with Crippen LogP contribution >= 0.6 is 0 Å². The van der Waals surface area contributed by atoms with Crippen molar-refractivity contribution >= 4 is 0 Å². The van der Waals surface area contributed by atoms with Crippen LogP contribution < -0.4 is 5.73 Å². The van der Waals surface area contributed by atoms with Gasteiger partial charge in [-0.1, -0.05) is 18.2 Å². The molecule has 2 N–H and O–H groups in total. The van der Waals surface area contributed by atoms with Crippen LogP contribution in [-0.4, -0.2) is 0 Å². The van der Waals surface area contributed by atoms with E-state index < -0.39 is 6.04 Å². The first kappa shape index (κ1) is 9.93. The summed E-state index contributed by atoms with van der Waals surface area (Å²) in [7, 11) is 0. The van der Waals surface area contributed by atoms with E-state index in [-0.39, 0.29) is 5.82 Å². The lowest BCUT2D eigenvalue weighted by Crippen LogP contribution is -2.13. The summed E-state index contributed by atoms with van der Waals surface area (Å²) in [6, 6.07) is 7.74. The van der Waals surface area contributed by atoms with Crippen molar-refractivity contribution < 1.29 is 8.81 Å². The minimum atomic E-state index is -0.541. The van der Waals surface area contributed by atoms with Crippen LogP contribution in [0.25, 0.3) is 0 Å². The lowest BCUT2D eigenvalue weighted by atomic mass is 10.0. The van der Waals surface area contributed by atoms with E-state index in [1.165, 1.54) is 6.07 Å². The summed E-state index contributed by atoms with van der Waals surface area (Å²) in [6.45, 7) is 1.89. The smallest absolute Gasteiger partial charge is 0.128 e. The van der Waals surface area contributed by atoms with Gasteiger partial charge in [-0.25, -0.2) is 4.39 Å². The van der Waals surface area contributed by atoms with Gasteiger partial charge in [0.05, 0.1) is 12.3 Å². The molecule has 0 radical (unpaired) electrons. The Bertz CT molecular complexity index is 464. The van der Waals surface area contributed by atoms with Crippen LogP contribution in [0, 0.1) is 12.7 Å². The Morgan fingerprint density at radius 1 is 1.27 bits per heavy atom. The Morgan fingerprint density at radius 3 is 2.60 bits per heavy atom. The highest BCUT2D eigenvalue weighted by Crippen LogP contribution is 2.24. The second-order valence-electron chi connectivity index (χ2n) is 3.47. The van der Waals surface area contributed by atoms with Crippen molar-refractivity contribution in [3.8, 4) is 0 Å². The highest BCUT2D eigenvalue weighted by molar-refractivity contribution is 5.30. The molecule has 0 aliphatic carbocycles. The van der Waals surface area contributed by atoms with Crippen LogP contribution in [0.5, 0.6) is 0 Å². The van der Waals surface area contributed by atoms with E-state index >= 15 is 0 Å². The van der Waals surface area contributed by atoms with E-state index in [1.54, 1.807) is 24.5 Å². The van der Waals surface area contributed by atoms with Crippen LogP contribution in [0.2, 0.25) is 0 Å². The van der Waals surface area contributed by atoms with Crippen LogP contribution in [-0.2, 0) is 0 Å². The molecule has 0 saturated heterocycles. The van der Waals surface area contributed by atoms with E-state index in [0.29, 0.717) is 11.3 Å². The molecule has 2 nitrogen and oxygen atoms in total. The largest absolute Gasteiger partial charge is 0.467 e. The fourth-order valence-electron chi connectivity index (χ4n) is 1.57. The van der Waals surface area contributed by atoms with Crippen LogP contribution in [0.1, 0.15) is 22.9 Å². The van der Waals surface area contributed by atoms with Gasteiger partial charge in [-0.3, -0.25) is 0 Å². The third kappa shape index (κ3) is 1.78. The second kappa shape index (κ2) is 3.87. The summed E-state index contributed by atoms with van der Waals surface area (Å²) in [5.74, 6) is 0.306. The average Bonchev–Trinajstić information content (AvgIpc) is 2.64. The van der Waals surface area contributed by atoms with Gasteiger partial charge in [0, 0.05) is 5.56 Å². The molecule has 1 atom stereocenters. The van der Waals surface area contributed by atoms with E-state index in [2.05, 4.69) is 0 Å². The van der Waals surface area contributed by atoms with Crippen molar-refractivity contribution in [2.75, 3.05) is 0 Å². The molecule has 0 fully saturated rings. The van der Waals surface area contributed by atoms with Gasteiger partial charge in [0.25, 0.3) is 0 Å². The van der Waals surface area contributed by atoms with Gasteiger partial charge < -0.3 is 10.2 Å².